The number of ether oxygens (including phenoxy) is 2. The molecule has 0 aromatic rings. The summed E-state index contributed by atoms with van der Waals surface area (Å²) in [7, 11) is 0. The van der Waals surface area contributed by atoms with Crippen molar-refractivity contribution in [2.75, 3.05) is 19.8 Å². The molecule has 0 aromatic heterocycles. The Labute approximate surface area is 129 Å². The lowest BCUT2D eigenvalue weighted by Crippen LogP contribution is -2.44. The van der Waals surface area contributed by atoms with E-state index in [1.54, 1.807) is 0 Å². The number of hydrogen-bond donors (Lipinski definition) is 1. The van der Waals surface area contributed by atoms with Crippen molar-refractivity contribution in [1.29, 1.82) is 0 Å². The standard InChI is InChI=1S/C18H33NO2/c19-13-15-6-2-3-7-16(15)14-20-17-8-11-21-18(12-17)9-4-1-5-10-18/h15-17H,1-14,19H2. The molecule has 2 saturated carbocycles. The monoisotopic (exact) mass is 295 g/mol. The summed E-state index contributed by atoms with van der Waals surface area (Å²) in [6.45, 7) is 2.67. The highest BCUT2D eigenvalue weighted by Gasteiger charge is 2.39. The molecule has 0 aromatic carbocycles. The van der Waals surface area contributed by atoms with E-state index in [1.807, 2.05) is 0 Å². The van der Waals surface area contributed by atoms with Gasteiger partial charge in [-0.05, 0) is 50.5 Å². The first-order valence-electron chi connectivity index (χ1n) is 9.27. The first kappa shape index (κ1) is 15.8. The lowest BCUT2D eigenvalue weighted by molar-refractivity contribution is -0.153. The van der Waals surface area contributed by atoms with Crippen LogP contribution in [0.25, 0.3) is 0 Å². The van der Waals surface area contributed by atoms with Crippen LogP contribution in [0.5, 0.6) is 0 Å². The van der Waals surface area contributed by atoms with Crippen LogP contribution in [-0.4, -0.2) is 31.5 Å². The molecule has 1 spiro atoms. The normalized spacial score (nSPS) is 36.7. The average molecular weight is 295 g/mol. The predicted octanol–water partition coefficient (Wildman–Crippen LogP) is 3.65. The summed E-state index contributed by atoms with van der Waals surface area (Å²) < 4.78 is 12.5. The Hall–Kier alpha value is -0.120. The van der Waals surface area contributed by atoms with E-state index in [4.69, 9.17) is 15.2 Å². The summed E-state index contributed by atoms with van der Waals surface area (Å²) >= 11 is 0. The van der Waals surface area contributed by atoms with Gasteiger partial charge in [0, 0.05) is 13.0 Å². The van der Waals surface area contributed by atoms with Crippen LogP contribution in [0.1, 0.15) is 70.6 Å². The van der Waals surface area contributed by atoms with Crippen LogP contribution in [0.2, 0.25) is 0 Å². The van der Waals surface area contributed by atoms with Crippen LogP contribution >= 0.6 is 0 Å². The summed E-state index contributed by atoms with van der Waals surface area (Å²) in [6.07, 6.45) is 14.6. The first-order valence-corrected chi connectivity index (χ1v) is 9.27. The second kappa shape index (κ2) is 7.43. The van der Waals surface area contributed by atoms with Crippen LogP contribution in [0, 0.1) is 11.8 Å². The van der Waals surface area contributed by atoms with Crippen molar-refractivity contribution in [3.8, 4) is 0 Å². The first-order chi connectivity index (χ1) is 10.3. The number of hydrogen-bond acceptors (Lipinski definition) is 3. The lowest BCUT2D eigenvalue weighted by Gasteiger charge is -2.44. The van der Waals surface area contributed by atoms with Crippen LogP contribution < -0.4 is 5.73 Å². The maximum Gasteiger partial charge on any atom is 0.0707 e. The average Bonchev–Trinajstić information content (AvgIpc) is 2.54. The van der Waals surface area contributed by atoms with Crippen molar-refractivity contribution in [3.05, 3.63) is 0 Å². The van der Waals surface area contributed by atoms with Crippen molar-refractivity contribution in [2.24, 2.45) is 17.6 Å². The minimum atomic E-state index is 0.168. The molecule has 21 heavy (non-hydrogen) atoms. The van der Waals surface area contributed by atoms with E-state index in [0.29, 0.717) is 17.9 Å². The van der Waals surface area contributed by atoms with Gasteiger partial charge in [-0.3, -0.25) is 0 Å². The fourth-order valence-electron chi connectivity index (χ4n) is 4.74. The topological polar surface area (TPSA) is 44.5 Å². The van der Waals surface area contributed by atoms with E-state index >= 15 is 0 Å². The molecule has 3 rings (SSSR count). The molecule has 3 nitrogen and oxygen atoms in total. The van der Waals surface area contributed by atoms with E-state index in [-0.39, 0.29) is 5.60 Å². The second-order valence-electron chi connectivity index (χ2n) is 7.58. The summed E-state index contributed by atoms with van der Waals surface area (Å²) in [4.78, 5) is 0. The molecule has 0 amide bonds. The highest BCUT2D eigenvalue weighted by molar-refractivity contribution is 4.90. The van der Waals surface area contributed by atoms with Gasteiger partial charge in [-0.1, -0.05) is 32.1 Å². The minimum absolute atomic E-state index is 0.168. The molecule has 1 heterocycles. The maximum absolute atomic E-state index is 6.35. The third kappa shape index (κ3) is 4.00. The van der Waals surface area contributed by atoms with E-state index in [0.717, 1.165) is 32.6 Å². The Morgan fingerprint density at radius 1 is 0.952 bits per heavy atom. The van der Waals surface area contributed by atoms with E-state index in [9.17, 15) is 0 Å². The van der Waals surface area contributed by atoms with Crippen molar-refractivity contribution in [1.82, 2.24) is 0 Å². The number of nitrogens with two attached hydrogens (primary N) is 1. The smallest absolute Gasteiger partial charge is 0.0707 e. The quantitative estimate of drug-likeness (QED) is 0.861. The van der Waals surface area contributed by atoms with Gasteiger partial charge in [0.25, 0.3) is 0 Å². The van der Waals surface area contributed by atoms with E-state index < -0.39 is 0 Å². The molecule has 1 saturated heterocycles. The second-order valence-corrected chi connectivity index (χ2v) is 7.58. The van der Waals surface area contributed by atoms with Gasteiger partial charge in [-0.15, -0.1) is 0 Å². The van der Waals surface area contributed by atoms with Gasteiger partial charge in [0.1, 0.15) is 0 Å². The Bertz CT molecular complexity index is 309. The van der Waals surface area contributed by atoms with Crippen LogP contribution in [0.3, 0.4) is 0 Å². The highest BCUT2D eigenvalue weighted by Crippen LogP contribution is 2.39. The molecule has 3 aliphatic rings. The Kier molecular flexibility index (Phi) is 5.58. The Balaban J connectivity index is 1.48. The summed E-state index contributed by atoms with van der Waals surface area (Å²) in [5.74, 6) is 1.40. The molecular formula is C18H33NO2. The van der Waals surface area contributed by atoms with Gasteiger partial charge in [0.15, 0.2) is 0 Å². The molecule has 3 atom stereocenters. The fourth-order valence-corrected chi connectivity index (χ4v) is 4.74. The third-order valence-corrected chi connectivity index (χ3v) is 6.13. The van der Waals surface area contributed by atoms with Crippen LogP contribution in [0.4, 0.5) is 0 Å². The molecule has 2 N–H and O–H groups in total. The van der Waals surface area contributed by atoms with Crippen LogP contribution in [-0.2, 0) is 9.47 Å². The van der Waals surface area contributed by atoms with Gasteiger partial charge in [-0.2, -0.15) is 0 Å². The van der Waals surface area contributed by atoms with E-state index in [2.05, 4.69) is 0 Å². The Morgan fingerprint density at radius 3 is 2.48 bits per heavy atom. The van der Waals surface area contributed by atoms with Gasteiger partial charge in [-0.25, -0.2) is 0 Å². The highest BCUT2D eigenvalue weighted by atomic mass is 16.5. The van der Waals surface area contributed by atoms with Crippen LogP contribution in [0.15, 0.2) is 0 Å². The maximum atomic E-state index is 6.35. The number of rotatable bonds is 4. The zero-order valence-corrected chi connectivity index (χ0v) is 13.5. The molecule has 1 aliphatic heterocycles. The molecule has 2 aliphatic carbocycles. The van der Waals surface area contributed by atoms with Crippen molar-refractivity contribution < 1.29 is 9.47 Å². The van der Waals surface area contributed by atoms with Crippen molar-refractivity contribution in [3.63, 3.8) is 0 Å². The molecule has 3 unspecified atom stereocenters. The molecule has 122 valence electrons. The summed E-state index contributed by atoms with van der Waals surface area (Å²) in [6, 6.07) is 0. The summed E-state index contributed by atoms with van der Waals surface area (Å²) in [5, 5.41) is 0. The lowest BCUT2D eigenvalue weighted by atomic mass is 9.78. The van der Waals surface area contributed by atoms with Crippen molar-refractivity contribution >= 4 is 0 Å². The molecular weight excluding hydrogens is 262 g/mol. The Morgan fingerprint density at radius 2 is 1.71 bits per heavy atom. The molecule has 3 fully saturated rings. The zero-order chi connectivity index (χ0) is 14.5. The van der Waals surface area contributed by atoms with Gasteiger partial charge < -0.3 is 15.2 Å². The van der Waals surface area contributed by atoms with Crippen molar-refractivity contribution in [2.45, 2.75) is 82.3 Å². The SMILES string of the molecule is NCC1CCCCC1COC1CCOC2(CCCCC2)C1. The molecule has 0 radical (unpaired) electrons. The third-order valence-electron chi connectivity index (χ3n) is 6.13. The fraction of sp³-hybridized carbons (Fsp3) is 1.00. The zero-order valence-electron chi connectivity index (χ0n) is 13.5. The molecule has 3 heteroatoms. The molecule has 0 bridgehead atoms. The van der Waals surface area contributed by atoms with Gasteiger partial charge in [0.2, 0.25) is 0 Å². The summed E-state index contributed by atoms with van der Waals surface area (Å²) in [5.41, 5.74) is 6.11. The van der Waals surface area contributed by atoms with Gasteiger partial charge in [0.05, 0.1) is 18.3 Å². The van der Waals surface area contributed by atoms with Gasteiger partial charge >= 0.3 is 0 Å². The van der Waals surface area contributed by atoms with E-state index in [1.165, 1.54) is 57.8 Å². The predicted molar refractivity (Wildman–Crippen MR) is 85.2 cm³/mol. The largest absolute Gasteiger partial charge is 0.378 e. The minimum Gasteiger partial charge on any atom is -0.378 e.